The molecule has 144 valence electrons. The molecule has 2 N–H and O–H groups in total. The lowest BCUT2D eigenvalue weighted by Gasteiger charge is -2.20. The van der Waals surface area contributed by atoms with Crippen molar-refractivity contribution >= 4 is 23.2 Å². The molecule has 0 aliphatic rings. The monoisotopic (exact) mass is 371 g/mol. The summed E-state index contributed by atoms with van der Waals surface area (Å²) in [6, 6.07) is 12.4. The van der Waals surface area contributed by atoms with E-state index in [-0.39, 0.29) is 24.2 Å². The third kappa shape index (κ3) is 6.49. The molecule has 0 spiro atoms. The van der Waals surface area contributed by atoms with Crippen LogP contribution in [-0.2, 0) is 4.79 Å². The first kappa shape index (κ1) is 20.6. The Bertz CT molecular complexity index is 762. The van der Waals surface area contributed by atoms with Gasteiger partial charge in [-0.25, -0.2) is 4.39 Å². The summed E-state index contributed by atoms with van der Waals surface area (Å²) < 4.78 is 13.0. The number of nitrogens with zero attached hydrogens (tertiary/aromatic N) is 1. The van der Waals surface area contributed by atoms with E-state index in [4.69, 9.17) is 0 Å². The van der Waals surface area contributed by atoms with Gasteiger partial charge in [-0.05, 0) is 55.9 Å². The summed E-state index contributed by atoms with van der Waals surface area (Å²) in [5, 5.41) is 5.54. The van der Waals surface area contributed by atoms with Crippen molar-refractivity contribution in [1.82, 2.24) is 4.90 Å². The number of unbranched alkanes of at least 4 members (excludes halogenated alkanes) is 1. The van der Waals surface area contributed by atoms with Gasteiger partial charge in [-0.1, -0.05) is 32.4 Å². The van der Waals surface area contributed by atoms with Crippen LogP contribution < -0.4 is 10.6 Å². The molecule has 2 amide bonds. The fraction of sp³-hybridized carbons (Fsp3) is 0.333. The van der Waals surface area contributed by atoms with Gasteiger partial charge in [-0.2, -0.15) is 0 Å². The van der Waals surface area contributed by atoms with Gasteiger partial charge in [-0.15, -0.1) is 0 Å². The van der Waals surface area contributed by atoms with Crippen LogP contribution in [0.15, 0.2) is 48.5 Å². The van der Waals surface area contributed by atoms with Crippen LogP contribution in [0.3, 0.4) is 0 Å². The molecule has 0 heterocycles. The van der Waals surface area contributed by atoms with E-state index in [0.29, 0.717) is 16.9 Å². The Balaban J connectivity index is 2.04. The Morgan fingerprint density at radius 3 is 2.37 bits per heavy atom. The van der Waals surface area contributed by atoms with Gasteiger partial charge >= 0.3 is 0 Å². The van der Waals surface area contributed by atoms with E-state index in [0.717, 1.165) is 25.9 Å². The summed E-state index contributed by atoms with van der Waals surface area (Å²) in [4.78, 5) is 27.0. The van der Waals surface area contributed by atoms with Crippen LogP contribution in [-0.4, -0.2) is 36.3 Å². The van der Waals surface area contributed by atoms with E-state index in [1.165, 1.54) is 24.3 Å². The van der Waals surface area contributed by atoms with Gasteiger partial charge in [0.25, 0.3) is 5.91 Å². The quantitative estimate of drug-likeness (QED) is 0.696. The number of hydrogen-bond acceptors (Lipinski definition) is 3. The molecule has 0 saturated heterocycles. The minimum atomic E-state index is -0.371. The van der Waals surface area contributed by atoms with Crippen molar-refractivity contribution in [2.75, 3.05) is 30.3 Å². The Hall–Kier alpha value is -2.73. The number of amides is 2. The van der Waals surface area contributed by atoms with Gasteiger partial charge in [0, 0.05) is 5.69 Å². The topological polar surface area (TPSA) is 61.4 Å². The fourth-order valence-electron chi connectivity index (χ4n) is 2.65. The minimum Gasteiger partial charge on any atom is -0.324 e. The summed E-state index contributed by atoms with van der Waals surface area (Å²) in [5.41, 5.74) is 1.29. The highest BCUT2D eigenvalue weighted by Crippen LogP contribution is 2.18. The van der Waals surface area contributed by atoms with Crippen molar-refractivity contribution in [1.29, 1.82) is 0 Å². The van der Waals surface area contributed by atoms with E-state index in [1.807, 2.05) is 6.92 Å². The molecule has 0 bridgehead atoms. The molecule has 2 aromatic carbocycles. The zero-order valence-corrected chi connectivity index (χ0v) is 15.8. The van der Waals surface area contributed by atoms with Crippen LogP contribution in [0.25, 0.3) is 0 Å². The molecule has 0 aromatic heterocycles. The Morgan fingerprint density at radius 1 is 1.00 bits per heavy atom. The summed E-state index contributed by atoms with van der Waals surface area (Å²) in [7, 11) is 0. The third-order valence-electron chi connectivity index (χ3n) is 4.19. The number of carbonyl (C=O) groups excluding carboxylic acids is 2. The molecule has 0 aliphatic heterocycles. The smallest absolute Gasteiger partial charge is 0.257 e. The second kappa shape index (κ2) is 10.4. The molecule has 0 radical (unpaired) electrons. The Morgan fingerprint density at radius 2 is 1.70 bits per heavy atom. The maximum atomic E-state index is 13.0. The minimum absolute atomic E-state index is 0.157. The first-order valence-electron chi connectivity index (χ1n) is 9.21. The second-order valence-corrected chi connectivity index (χ2v) is 6.28. The number of rotatable bonds is 9. The molecule has 27 heavy (non-hydrogen) atoms. The van der Waals surface area contributed by atoms with Crippen LogP contribution in [0.4, 0.5) is 15.8 Å². The number of para-hydroxylation sites is 1. The predicted octanol–water partition coefficient (Wildman–Crippen LogP) is 4.14. The molecule has 2 aromatic rings. The molecule has 0 aliphatic carbocycles. The first-order chi connectivity index (χ1) is 13.0. The second-order valence-electron chi connectivity index (χ2n) is 6.28. The molecular formula is C21H26FN3O2. The average Bonchev–Trinajstić information content (AvgIpc) is 2.67. The largest absolute Gasteiger partial charge is 0.324 e. The average molecular weight is 371 g/mol. The number of likely N-dealkylation sites (N-methyl/N-ethyl adjacent to an activating group) is 1. The lowest BCUT2D eigenvalue weighted by atomic mass is 10.1. The number of nitrogens with one attached hydrogen (secondary N) is 2. The zero-order valence-electron chi connectivity index (χ0n) is 15.8. The van der Waals surface area contributed by atoms with Gasteiger partial charge in [0.15, 0.2) is 0 Å². The lowest BCUT2D eigenvalue weighted by molar-refractivity contribution is -0.117. The summed E-state index contributed by atoms with van der Waals surface area (Å²) >= 11 is 0. The summed E-state index contributed by atoms with van der Waals surface area (Å²) in [6.07, 6.45) is 2.11. The lowest BCUT2D eigenvalue weighted by Crippen LogP contribution is -2.34. The number of carbonyl (C=O) groups is 2. The molecule has 0 fully saturated rings. The van der Waals surface area contributed by atoms with E-state index in [2.05, 4.69) is 22.5 Å². The number of benzene rings is 2. The number of anilines is 2. The SMILES string of the molecule is CCCCN(CC)CC(=O)Nc1ccccc1C(=O)Nc1ccc(F)cc1. The molecular weight excluding hydrogens is 345 g/mol. The van der Waals surface area contributed by atoms with E-state index in [1.54, 1.807) is 24.3 Å². The van der Waals surface area contributed by atoms with Gasteiger partial charge in [0.1, 0.15) is 5.82 Å². The third-order valence-corrected chi connectivity index (χ3v) is 4.19. The molecule has 2 rings (SSSR count). The molecule has 0 atom stereocenters. The van der Waals surface area contributed by atoms with Crippen LogP contribution >= 0.6 is 0 Å². The predicted molar refractivity (Wildman–Crippen MR) is 106 cm³/mol. The van der Waals surface area contributed by atoms with Crippen molar-refractivity contribution in [3.8, 4) is 0 Å². The summed E-state index contributed by atoms with van der Waals surface area (Å²) in [6.45, 7) is 6.08. The maximum Gasteiger partial charge on any atom is 0.257 e. The van der Waals surface area contributed by atoms with Gasteiger partial charge in [0.05, 0.1) is 17.8 Å². The van der Waals surface area contributed by atoms with Crippen LogP contribution in [0, 0.1) is 5.82 Å². The van der Waals surface area contributed by atoms with Gasteiger partial charge in [0.2, 0.25) is 5.91 Å². The molecule has 0 saturated carbocycles. The fourth-order valence-corrected chi connectivity index (χ4v) is 2.65. The highest BCUT2D eigenvalue weighted by Gasteiger charge is 2.15. The Labute approximate surface area is 159 Å². The highest BCUT2D eigenvalue weighted by atomic mass is 19.1. The van der Waals surface area contributed by atoms with Crippen LogP contribution in [0.2, 0.25) is 0 Å². The Kier molecular flexibility index (Phi) is 7.95. The standard InChI is InChI=1S/C21H26FN3O2/c1-3-5-14-25(4-2)15-20(26)24-19-9-7-6-8-18(19)21(27)23-17-12-10-16(22)11-13-17/h6-13H,3-5,14-15H2,1-2H3,(H,23,27)(H,24,26). The van der Waals surface area contributed by atoms with Gasteiger partial charge in [-0.3, -0.25) is 14.5 Å². The van der Waals surface area contributed by atoms with Crippen molar-refractivity contribution in [2.24, 2.45) is 0 Å². The highest BCUT2D eigenvalue weighted by molar-refractivity contribution is 6.10. The van der Waals surface area contributed by atoms with Gasteiger partial charge < -0.3 is 10.6 Å². The van der Waals surface area contributed by atoms with Crippen molar-refractivity contribution in [3.63, 3.8) is 0 Å². The zero-order chi connectivity index (χ0) is 19.6. The van der Waals surface area contributed by atoms with Crippen molar-refractivity contribution < 1.29 is 14.0 Å². The normalized spacial score (nSPS) is 10.7. The molecule has 5 nitrogen and oxygen atoms in total. The molecule has 6 heteroatoms. The molecule has 0 unspecified atom stereocenters. The van der Waals surface area contributed by atoms with Crippen molar-refractivity contribution in [2.45, 2.75) is 26.7 Å². The number of halogens is 1. The van der Waals surface area contributed by atoms with Crippen LogP contribution in [0.5, 0.6) is 0 Å². The summed E-state index contributed by atoms with van der Waals surface area (Å²) in [5.74, 6) is -0.893. The van der Waals surface area contributed by atoms with Crippen molar-refractivity contribution in [3.05, 3.63) is 59.9 Å². The van der Waals surface area contributed by atoms with Crippen LogP contribution in [0.1, 0.15) is 37.0 Å². The number of hydrogen-bond donors (Lipinski definition) is 2. The maximum absolute atomic E-state index is 13.0. The van der Waals surface area contributed by atoms with E-state index in [9.17, 15) is 14.0 Å². The van der Waals surface area contributed by atoms with E-state index >= 15 is 0 Å². The van der Waals surface area contributed by atoms with E-state index < -0.39 is 0 Å². The first-order valence-corrected chi connectivity index (χ1v) is 9.21.